The van der Waals surface area contributed by atoms with E-state index >= 15 is 0 Å². The summed E-state index contributed by atoms with van der Waals surface area (Å²) < 4.78 is 2.32. The Hall–Kier alpha value is -5.72. The number of hydrogen-bond donors (Lipinski definition) is 0. The van der Waals surface area contributed by atoms with Gasteiger partial charge < -0.3 is 4.57 Å². The summed E-state index contributed by atoms with van der Waals surface area (Å²) >= 11 is 0. The van der Waals surface area contributed by atoms with Crippen molar-refractivity contribution in [2.75, 3.05) is 0 Å². The molecule has 3 heteroatoms. The van der Waals surface area contributed by atoms with Crippen molar-refractivity contribution in [1.29, 1.82) is 5.26 Å². The molecule has 0 aliphatic rings. The van der Waals surface area contributed by atoms with Crippen LogP contribution >= 0.6 is 0 Å². The number of para-hydroxylation sites is 1. The fourth-order valence-electron chi connectivity index (χ4n) is 6.00. The molecule has 0 N–H and O–H groups in total. The normalized spacial score (nSPS) is 11.4. The molecule has 0 saturated carbocycles. The lowest BCUT2D eigenvalue weighted by molar-refractivity contribution is 1.18. The van der Waals surface area contributed by atoms with E-state index in [9.17, 15) is 5.26 Å². The Bertz CT molecular complexity index is 2320. The first-order valence-corrected chi connectivity index (χ1v) is 13.7. The van der Waals surface area contributed by atoms with Crippen molar-refractivity contribution in [3.63, 3.8) is 0 Å². The van der Waals surface area contributed by atoms with Crippen LogP contribution in [0.2, 0.25) is 0 Å². The van der Waals surface area contributed by atoms with Crippen LogP contribution in [0.4, 0.5) is 0 Å². The van der Waals surface area contributed by atoms with E-state index in [1.54, 1.807) is 0 Å². The minimum Gasteiger partial charge on any atom is -0.309 e. The molecule has 0 spiro atoms. The highest BCUT2D eigenvalue weighted by molar-refractivity contribution is 6.12. The Morgan fingerprint density at radius 1 is 0.512 bits per heavy atom. The van der Waals surface area contributed by atoms with Gasteiger partial charge in [0.05, 0.1) is 33.9 Å². The summed E-state index contributed by atoms with van der Waals surface area (Å²) in [7, 11) is 0. The Morgan fingerprint density at radius 2 is 1.20 bits per heavy atom. The minimum atomic E-state index is 0.659. The quantitative estimate of drug-likeness (QED) is 0.217. The largest absolute Gasteiger partial charge is 0.309 e. The topological polar surface area (TPSA) is 41.6 Å². The summed E-state index contributed by atoms with van der Waals surface area (Å²) in [6.45, 7) is 0. The van der Waals surface area contributed by atoms with Crippen molar-refractivity contribution < 1.29 is 0 Å². The molecule has 0 fully saturated rings. The van der Waals surface area contributed by atoms with Gasteiger partial charge in [-0.25, -0.2) is 4.98 Å². The van der Waals surface area contributed by atoms with Crippen LogP contribution in [0.25, 0.3) is 71.6 Å². The molecule has 41 heavy (non-hydrogen) atoms. The van der Waals surface area contributed by atoms with Crippen molar-refractivity contribution >= 4 is 43.5 Å². The molecule has 0 unspecified atom stereocenters. The molecule has 3 nitrogen and oxygen atoms in total. The Kier molecular flexibility index (Phi) is 5.20. The minimum absolute atomic E-state index is 0.659. The number of fused-ring (bicyclic) bond motifs is 6. The average Bonchev–Trinajstić information content (AvgIpc) is 3.38. The van der Waals surface area contributed by atoms with E-state index in [1.807, 2.05) is 24.3 Å². The molecule has 8 rings (SSSR count). The molecule has 6 aromatic carbocycles. The summed E-state index contributed by atoms with van der Waals surface area (Å²) in [4.78, 5) is 5.17. The van der Waals surface area contributed by atoms with E-state index < -0.39 is 0 Å². The predicted octanol–water partition coefficient (Wildman–Crippen LogP) is 9.69. The number of hydrogen-bond acceptors (Lipinski definition) is 2. The summed E-state index contributed by atoms with van der Waals surface area (Å²) in [5.74, 6) is 0. The molecule has 190 valence electrons. The maximum absolute atomic E-state index is 9.46. The summed E-state index contributed by atoms with van der Waals surface area (Å²) in [5, 5.41) is 15.3. The molecular formula is C38H23N3. The fourth-order valence-corrected chi connectivity index (χ4v) is 6.00. The smallest absolute Gasteiger partial charge is 0.0991 e. The Morgan fingerprint density at radius 3 is 2.02 bits per heavy atom. The van der Waals surface area contributed by atoms with Gasteiger partial charge in [-0.05, 0) is 71.1 Å². The first-order valence-electron chi connectivity index (χ1n) is 13.7. The maximum atomic E-state index is 9.46. The van der Waals surface area contributed by atoms with Gasteiger partial charge in [0.15, 0.2) is 0 Å². The Balaban J connectivity index is 1.38. The van der Waals surface area contributed by atoms with Crippen LogP contribution in [0, 0.1) is 11.3 Å². The number of rotatable bonds is 3. The fraction of sp³-hybridized carbons (Fsp3) is 0. The van der Waals surface area contributed by atoms with Crippen LogP contribution in [0.1, 0.15) is 5.56 Å². The third-order valence-electron chi connectivity index (χ3n) is 7.99. The molecular weight excluding hydrogens is 498 g/mol. The number of benzene rings is 6. The molecule has 2 heterocycles. The third kappa shape index (κ3) is 3.77. The molecule has 0 amide bonds. The van der Waals surface area contributed by atoms with Crippen molar-refractivity contribution in [3.8, 4) is 34.1 Å². The molecule has 0 atom stereocenters. The monoisotopic (exact) mass is 521 g/mol. The summed E-state index contributed by atoms with van der Waals surface area (Å²) in [6, 6.07) is 50.8. The van der Waals surface area contributed by atoms with Gasteiger partial charge in [-0.3, -0.25) is 0 Å². The van der Waals surface area contributed by atoms with Crippen LogP contribution in [0.3, 0.4) is 0 Å². The number of aromatic nitrogens is 2. The van der Waals surface area contributed by atoms with E-state index in [1.165, 1.54) is 10.8 Å². The van der Waals surface area contributed by atoms with Gasteiger partial charge in [-0.2, -0.15) is 5.26 Å². The van der Waals surface area contributed by atoms with E-state index in [-0.39, 0.29) is 0 Å². The van der Waals surface area contributed by atoms with Gasteiger partial charge in [-0.1, -0.05) is 84.9 Å². The third-order valence-corrected chi connectivity index (χ3v) is 7.99. The highest BCUT2D eigenvalue weighted by atomic mass is 15.0. The lowest BCUT2D eigenvalue weighted by Gasteiger charge is -2.09. The number of pyridine rings is 1. The van der Waals surface area contributed by atoms with Crippen molar-refractivity contribution in [3.05, 3.63) is 145 Å². The van der Waals surface area contributed by atoms with Crippen LogP contribution in [-0.2, 0) is 0 Å². The van der Waals surface area contributed by atoms with Crippen molar-refractivity contribution in [1.82, 2.24) is 9.55 Å². The van der Waals surface area contributed by atoms with E-state index in [0.29, 0.717) is 5.56 Å². The molecule has 0 radical (unpaired) electrons. The first-order chi connectivity index (χ1) is 20.3. The molecule has 0 bridgehead atoms. The van der Waals surface area contributed by atoms with Crippen molar-refractivity contribution in [2.24, 2.45) is 0 Å². The molecule has 8 aromatic rings. The molecule has 0 saturated heterocycles. The van der Waals surface area contributed by atoms with E-state index in [4.69, 9.17) is 4.98 Å². The highest BCUT2D eigenvalue weighted by Gasteiger charge is 2.15. The second-order valence-electron chi connectivity index (χ2n) is 10.4. The predicted molar refractivity (Wildman–Crippen MR) is 169 cm³/mol. The Labute approximate surface area is 237 Å². The SMILES string of the molecule is N#Cc1cccc(-c2ccc3c(c2)c2cc(-c4ccc5ccc6ccccc6c5n4)ccc2n3-c2ccccc2)c1. The lowest BCUT2D eigenvalue weighted by Crippen LogP contribution is -1.93. The van der Waals surface area contributed by atoms with Gasteiger partial charge in [-0.15, -0.1) is 0 Å². The average molecular weight is 522 g/mol. The highest BCUT2D eigenvalue weighted by Crippen LogP contribution is 2.37. The van der Waals surface area contributed by atoms with Gasteiger partial charge in [0, 0.05) is 32.8 Å². The van der Waals surface area contributed by atoms with Crippen LogP contribution in [-0.4, -0.2) is 9.55 Å². The molecule has 0 aliphatic heterocycles. The number of nitriles is 1. The van der Waals surface area contributed by atoms with Gasteiger partial charge in [0.2, 0.25) is 0 Å². The van der Waals surface area contributed by atoms with Crippen LogP contribution < -0.4 is 0 Å². The van der Waals surface area contributed by atoms with Crippen molar-refractivity contribution in [2.45, 2.75) is 0 Å². The zero-order valence-electron chi connectivity index (χ0n) is 22.1. The summed E-state index contributed by atoms with van der Waals surface area (Å²) in [6.07, 6.45) is 0. The first kappa shape index (κ1) is 23.2. The van der Waals surface area contributed by atoms with E-state index in [2.05, 4.69) is 126 Å². The maximum Gasteiger partial charge on any atom is 0.0991 e. The van der Waals surface area contributed by atoms with Gasteiger partial charge in [0.1, 0.15) is 0 Å². The number of nitrogens with zero attached hydrogens (tertiary/aromatic N) is 3. The second kappa shape index (κ2) is 9.19. The zero-order chi connectivity index (χ0) is 27.3. The summed E-state index contributed by atoms with van der Waals surface area (Å²) in [5.41, 5.74) is 9.23. The van der Waals surface area contributed by atoms with Crippen LogP contribution in [0.15, 0.2) is 140 Å². The van der Waals surface area contributed by atoms with Gasteiger partial charge >= 0.3 is 0 Å². The van der Waals surface area contributed by atoms with Gasteiger partial charge in [0.25, 0.3) is 0 Å². The zero-order valence-corrected chi connectivity index (χ0v) is 22.1. The van der Waals surface area contributed by atoms with Crippen LogP contribution in [0.5, 0.6) is 0 Å². The lowest BCUT2D eigenvalue weighted by atomic mass is 10.00. The second-order valence-corrected chi connectivity index (χ2v) is 10.4. The standard InChI is InChI=1S/C38H23N3/c39-24-25-7-6-9-28(21-25)29-16-19-36-33(22-29)34-23-30(17-20-37(34)41(36)31-10-2-1-3-11-31)35-18-15-27-14-13-26-8-4-5-12-32(26)38(27)40-35/h1-23H. The molecule has 2 aromatic heterocycles. The van der Waals surface area contributed by atoms with E-state index in [0.717, 1.165) is 60.8 Å². The molecule has 0 aliphatic carbocycles.